The molecule has 2 aromatic carbocycles. The van der Waals surface area contributed by atoms with Crippen LogP contribution in [-0.2, 0) is 6.42 Å². The third kappa shape index (κ3) is 3.49. The Morgan fingerprint density at radius 2 is 1.82 bits per heavy atom. The fourth-order valence-electron chi connectivity index (χ4n) is 4.72. The number of benzene rings is 2. The van der Waals surface area contributed by atoms with Crippen LogP contribution in [0.1, 0.15) is 42.0 Å². The van der Waals surface area contributed by atoms with Crippen LogP contribution in [0.5, 0.6) is 0 Å². The van der Waals surface area contributed by atoms with Gasteiger partial charge in [-0.3, -0.25) is 14.9 Å². The van der Waals surface area contributed by atoms with E-state index in [0.29, 0.717) is 57.0 Å². The average Bonchev–Trinajstić information content (AvgIpc) is 3.08. The molecule has 33 heavy (non-hydrogen) atoms. The maximum atomic E-state index is 13.4. The van der Waals surface area contributed by atoms with Crippen LogP contribution in [0.3, 0.4) is 0 Å². The van der Waals surface area contributed by atoms with Crippen LogP contribution in [0.25, 0.3) is 27.8 Å². The fraction of sp³-hybridized carbons (Fsp3) is 0.240. The first-order valence-electron chi connectivity index (χ1n) is 10.6. The molecule has 0 spiro atoms. The van der Waals surface area contributed by atoms with Crippen molar-refractivity contribution in [1.29, 1.82) is 0 Å². The molecule has 0 radical (unpaired) electrons. The van der Waals surface area contributed by atoms with E-state index in [1.54, 1.807) is 10.7 Å². The van der Waals surface area contributed by atoms with Gasteiger partial charge in [0.2, 0.25) is 0 Å². The fourth-order valence-corrected chi connectivity index (χ4v) is 4.89. The van der Waals surface area contributed by atoms with Crippen molar-refractivity contribution in [1.82, 2.24) is 14.8 Å². The summed E-state index contributed by atoms with van der Waals surface area (Å²) in [7, 11) is 0. The summed E-state index contributed by atoms with van der Waals surface area (Å²) in [5.74, 6) is -0.0771. The number of hydrogen-bond donors (Lipinski definition) is 0. The van der Waals surface area contributed by atoms with Crippen LogP contribution in [0.15, 0.2) is 48.5 Å². The van der Waals surface area contributed by atoms with Gasteiger partial charge in [0, 0.05) is 28.6 Å². The number of hydrogen-bond acceptors (Lipinski definition) is 5. The monoisotopic (exact) mass is 460 g/mol. The maximum absolute atomic E-state index is 13.4. The minimum atomic E-state index is -0.446. The highest BCUT2D eigenvalue weighted by molar-refractivity contribution is 6.31. The molecule has 0 unspecified atom stereocenters. The van der Waals surface area contributed by atoms with E-state index in [1.165, 1.54) is 12.1 Å². The number of Topliss-reactive ketones (excluding diaryl/α,β-unsaturated/α-hetero) is 1. The first-order valence-corrected chi connectivity index (χ1v) is 11.0. The third-order valence-corrected chi connectivity index (χ3v) is 6.29. The number of fused-ring (bicyclic) bond motifs is 2. The Balaban J connectivity index is 1.96. The van der Waals surface area contributed by atoms with E-state index in [9.17, 15) is 14.9 Å². The number of halogens is 1. The van der Waals surface area contributed by atoms with Gasteiger partial charge in [-0.05, 0) is 43.0 Å². The third-order valence-electron chi connectivity index (χ3n) is 6.05. The number of nitrogens with zero attached hydrogens (tertiary/aromatic N) is 4. The number of para-hydroxylation sites is 1. The van der Waals surface area contributed by atoms with E-state index in [4.69, 9.17) is 21.7 Å². The Labute approximate surface area is 195 Å². The van der Waals surface area contributed by atoms with Crippen molar-refractivity contribution >= 4 is 34.1 Å². The van der Waals surface area contributed by atoms with E-state index >= 15 is 0 Å². The van der Waals surface area contributed by atoms with Crippen molar-refractivity contribution in [2.45, 2.75) is 33.6 Å². The van der Waals surface area contributed by atoms with Gasteiger partial charge in [0.15, 0.2) is 11.4 Å². The number of ketones is 1. The summed E-state index contributed by atoms with van der Waals surface area (Å²) in [5.41, 5.74) is 3.49. The minimum absolute atomic E-state index is 0.0771. The molecule has 1 aliphatic carbocycles. The lowest BCUT2D eigenvalue weighted by Gasteiger charge is -2.31. The van der Waals surface area contributed by atoms with Crippen molar-refractivity contribution in [3.63, 3.8) is 0 Å². The highest BCUT2D eigenvalue weighted by atomic mass is 35.5. The van der Waals surface area contributed by atoms with Crippen LogP contribution in [0.4, 0.5) is 5.69 Å². The van der Waals surface area contributed by atoms with Crippen LogP contribution in [-0.4, -0.2) is 25.5 Å². The maximum Gasteiger partial charge on any atom is 0.277 e. The molecule has 7 nitrogen and oxygen atoms in total. The first-order chi connectivity index (χ1) is 15.7. The number of carbonyl (C=O) groups is 1. The molecule has 8 heteroatoms. The van der Waals surface area contributed by atoms with Crippen molar-refractivity contribution < 1.29 is 9.72 Å². The van der Waals surface area contributed by atoms with E-state index in [2.05, 4.69) is 0 Å². The van der Waals surface area contributed by atoms with Gasteiger partial charge in [0.1, 0.15) is 0 Å². The molecule has 0 bridgehead atoms. The second kappa shape index (κ2) is 7.49. The molecule has 2 heterocycles. The molecule has 1 aliphatic rings. The Morgan fingerprint density at radius 3 is 2.52 bits per heavy atom. The SMILES string of the molecule is Cc1nn(-c2ccccc2)c2nc3c(c(-c4cc(Cl)ccc4[N+](=O)[O-])c12)C(=O)CC(C)(C)C3. The largest absolute Gasteiger partial charge is 0.294 e. The highest BCUT2D eigenvalue weighted by Crippen LogP contribution is 2.45. The van der Waals surface area contributed by atoms with E-state index in [1.807, 2.05) is 51.1 Å². The van der Waals surface area contributed by atoms with Gasteiger partial charge < -0.3 is 0 Å². The summed E-state index contributed by atoms with van der Waals surface area (Å²) in [4.78, 5) is 29.8. The quantitative estimate of drug-likeness (QED) is 0.271. The normalized spacial score (nSPS) is 15.0. The Hall–Kier alpha value is -3.58. The molecule has 4 aromatic rings. The predicted molar refractivity (Wildman–Crippen MR) is 127 cm³/mol. The number of carbonyl (C=O) groups excluding carboxylic acids is 1. The molecule has 0 amide bonds. The van der Waals surface area contributed by atoms with Crippen LogP contribution in [0, 0.1) is 22.5 Å². The highest BCUT2D eigenvalue weighted by Gasteiger charge is 2.37. The predicted octanol–water partition coefficient (Wildman–Crippen LogP) is 6.11. The van der Waals surface area contributed by atoms with Gasteiger partial charge in [-0.2, -0.15) is 5.10 Å². The number of rotatable bonds is 3. The van der Waals surface area contributed by atoms with Crippen molar-refractivity contribution in [3.05, 3.63) is 80.6 Å². The lowest BCUT2D eigenvalue weighted by atomic mass is 9.73. The molecular formula is C25H21ClN4O3. The average molecular weight is 461 g/mol. The summed E-state index contributed by atoms with van der Waals surface area (Å²) in [6.07, 6.45) is 0.908. The molecule has 2 aromatic heterocycles. The Bertz CT molecular complexity index is 1460. The molecule has 0 aliphatic heterocycles. The lowest BCUT2D eigenvalue weighted by Crippen LogP contribution is -2.28. The Kier molecular flexibility index (Phi) is 4.83. The second-order valence-corrected chi connectivity index (χ2v) is 9.64. The van der Waals surface area contributed by atoms with Gasteiger partial charge >= 0.3 is 0 Å². The molecule has 0 N–H and O–H groups in total. The molecular weight excluding hydrogens is 440 g/mol. The summed E-state index contributed by atoms with van der Waals surface area (Å²) in [5, 5.41) is 17.6. The van der Waals surface area contributed by atoms with Gasteiger partial charge in [-0.15, -0.1) is 0 Å². The van der Waals surface area contributed by atoms with E-state index < -0.39 is 4.92 Å². The van der Waals surface area contributed by atoms with Gasteiger partial charge in [-0.25, -0.2) is 9.67 Å². The lowest BCUT2D eigenvalue weighted by molar-refractivity contribution is -0.384. The van der Waals surface area contributed by atoms with Crippen molar-refractivity contribution in [2.75, 3.05) is 0 Å². The van der Waals surface area contributed by atoms with Crippen molar-refractivity contribution in [2.24, 2.45) is 5.41 Å². The van der Waals surface area contributed by atoms with E-state index in [-0.39, 0.29) is 16.9 Å². The molecule has 0 saturated carbocycles. The standard InChI is InChI=1S/C25H21ClN4O3/c1-14-21-22(17-11-15(26)9-10-19(17)30(32)33)23-18(12-25(2,3)13-20(23)31)27-24(21)29(28-14)16-7-5-4-6-8-16/h4-11H,12-13H2,1-3H3. The molecule has 5 rings (SSSR count). The second-order valence-electron chi connectivity index (χ2n) is 9.20. The summed E-state index contributed by atoms with van der Waals surface area (Å²) < 4.78 is 1.73. The van der Waals surface area contributed by atoms with E-state index in [0.717, 1.165) is 5.69 Å². The Morgan fingerprint density at radius 1 is 1.09 bits per heavy atom. The van der Waals surface area contributed by atoms with Crippen LogP contribution >= 0.6 is 11.6 Å². The number of pyridine rings is 1. The number of aryl methyl sites for hydroxylation is 1. The van der Waals surface area contributed by atoms with Crippen molar-refractivity contribution in [3.8, 4) is 16.8 Å². The molecule has 166 valence electrons. The topological polar surface area (TPSA) is 90.9 Å². The molecule has 0 saturated heterocycles. The van der Waals surface area contributed by atoms with Gasteiger partial charge in [0.25, 0.3) is 5.69 Å². The smallest absolute Gasteiger partial charge is 0.277 e. The zero-order valence-electron chi connectivity index (χ0n) is 18.4. The zero-order chi connectivity index (χ0) is 23.5. The first kappa shape index (κ1) is 21.3. The number of nitro groups is 1. The summed E-state index contributed by atoms with van der Waals surface area (Å²) in [6, 6.07) is 14.0. The molecule has 0 fully saturated rings. The van der Waals surface area contributed by atoms with Gasteiger partial charge in [-0.1, -0.05) is 43.6 Å². The zero-order valence-corrected chi connectivity index (χ0v) is 19.2. The van der Waals surface area contributed by atoms with Crippen LogP contribution < -0.4 is 0 Å². The van der Waals surface area contributed by atoms with Gasteiger partial charge in [0.05, 0.1) is 32.9 Å². The minimum Gasteiger partial charge on any atom is -0.294 e. The summed E-state index contributed by atoms with van der Waals surface area (Å²) in [6.45, 7) is 5.88. The number of aromatic nitrogens is 3. The van der Waals surface area contributed by atoms with Crippen LogP contribution in [0.2, 0.25) is 5.02 Å². The number of nitro benzene ring substituents is 1. The summed E-state index contributed by atoms with van der Waals surface area (Å²) >= 11 is 6.28. The molecule has 0 atom stereocenters.